The van der Waals surface area contributed by atoms with Crippen molar-refractivity contribution in [2.75, 3.05) is 6.54 Å². The molecule has 0 aliphatic carbocycles. The van der Waals surface area contributed by atoms with E-state index in [4.69, 9.17) is 5.73 Å². The third-order valence-electron chi connectivity index (χ3n) is 3.89. The summed E-state index contributed by atoms with van der Waals surface area (Å²) in [5.41, 5.74) is 9.11. The van der Waals surface area contributed by atoms with Crippen LogP contribution in [0, 0.1) is 13.8 Å². The lowest BCUT2D eigenvalue weighted by atomic mass is 9.95. The third-order valence-corrected chi connectivity index (χ3v) is 3.89. The van der Waals surface area contributed by atoms with Crippen molar-refractivity contribution in [1.82, 2.24) is 4.90 Å². The number of nitrogens with zero attached hydrogens (tertiary/aromatic N) is 1. The first-order valence-corrected chi connectivity index (χ1v) is 7.14. The molecule has 2 unspecified atom stereocenters. The van der Waals surface area contributed by atoms with Gasteiger partial charge in [-0.1, -0.05) is 17.2 Å². The molecule has 0 bridgehead atoms. The van der Waals surface area contributed by atoms with Crippen LogP contribution in [0.25, 0.3) is 0 Å². The van der Waals surface area contributed by atoms with E-state index in [-0.39, 0.29) is 18.0 Å². The van der Waals surface area contributed by atoms with Crippen LogP contribution in [0.15, 0.2) is 18.2 Å². The van der Waals surface area contributed by atoms with Gasteiger partial charge in [0.15, 0.2) is 0 Å². The van der Waals surface area contributed by atoms with Gasteiger partial charge in [0.2, 0.25) is 0 Å². The average Bonchev–Trinajstić information content (AvgIpc) is 2.36. The van der Waals surface area contributed by atoms with E-state index in [1.54, 1.807) is 0 Å². The summed E-state index contributed by atoms with van der Waals surface area (Å²) in [5.74, 6) is 0.133. The standard InChI is InChI=1S/C16H24N2O/c1-11-8-12(2)10-14(9-11)16(19)18-7-5-4-6-15(18)13(3)17/h8-10,13,15H,4-7,17H2,1-3H3. The van der Waals surface area contributed by atoms with Gasteiger partial charge < -0.3 is 10.6 Å². The largest absolute Gasteiger partial charge is 0.334 e. The Balaban J connectivity index is 2.26. The van der Waals surface area contributed by atoms with Crippen molar-refractivity contribution in [3.63, 3.8) is 0 Å². The maximum absolute atomic E-state index is 12.7. The molecule has 1 aromatic carbocycles. The molecule has 2 rings (SSSR count). The van der Waals surface area contributed by atoms with E-state index in [2.05, 4.69) is 6.07 Å². The highest BCUT2D eigenvalue weighted by atomic mass is 16.2. The molecule has 1 aromatic rings. The minimum absolute atomic E-state index is 0.0372. The van der Waals surface area contributed by atoms with Gasteiger partial charge in [-0.05, 0) is 52.2 Å². The average molecular weight is 260 g/mol. The fourth-order valence-electron chi connectivity index (χ4n) is 3.02. The van der Waals surface area contributed by atoms with Crippen LogP contribution in [0.5, 0.6) is 0 Å². The normalized spacial score (nSPS) is 21.3. The summed E-state index contributed by atoms with van der Waals surface area (Å²) < 4.78 is 0. The highest BCUT2D eigenvalue weighted by Gasteiger charge is 2.29. The monoisotopic (exact) mass is 260 g/mol. The van der Waals surface area contributed by atoms with Crippen molar-refractivity contribution in [2.45, 2.75) is 52.1 Å². The molecular formula is C16H24N2O. The molecule has 2 atom stereocenters. The van der Waals surface area contributed by atoms with Gasteiger partial charge in [-0.3, -0.25) is 4.79 Å². The minimum atomic E-state index is 0.0372. The molecule has 3 heteroatoms. The first kappa shape index (κ1) is 14.1. The second kappa shape index (κ2) is 5.74. The summed E-state index contributed by atoms with van der Waals surface area (Å²) in [6.07, 6.45) is 3.27. The molecular weight excluding hydrogens is 236 g/mol. The Morgan fingerprint density at radius 3 is 2.47 bits per heavy atom. The molecule has 3 nitrogen and oxygen atoms in total. The number of hydrogen-bond acceptors (Lipinski definition) is 2. The lowest BCUT2D eigenvalue weighted by molar-refractivity contribution is 0.0583. The van der Waals surface area contributed by atoms with Gasteiger partial charge in [-0.25, -0.2) is 0 Å². The maximum Gasteiger partial charge on any atom is 0.254 e. The summed E-state index contributed by atoms with van der Waals surface area (Å²) in [6.45, 7) is 6.89. The summed E-state index contributed by atoms with van der Waals surface area (Å²) in [7, 11) is 0. The SMILES string of the molecule is Cc1cc(C)cc(C(=O)N2CCCCC2C(C)N)c1. The van der Waals surface area contributed by atoms with Crippen molar-refractivity contribution >= 4 is 5.91 Å². The zero-order valence-corrected chi connectivity index (χ0v) is 12.1. The second-order valence-corrected chi connectivity index (χ2v) is 5.80. The Bertz CT molecular complexity index is 448. The maximum atomic E-state index is 12.7. The van der Waals surface area contributed by atoms with Gasteiger partial charge in [-0.15, -0.1) is 0 Å². The molecule has 1 aliphatic heterocycles. The van der Waals surface area contributed by atoms with E-state index < -0.39 is 0 Å². The molecule has 1 fully saturated rings. The number of nitrogens with two attached hydrogens (primary N) is 1. The van der Waals surface area contributed by atoms with E-state index in [9.17, 15) is 4.79 Å². The number of piperidine rings is 1. The zero-order valence-electron chi connectivity index (χ0n) is 12.1. The summed E-state index contributed by atoms with van der Waals surface area (Å²) in [6, 6.07) is 6.26. The van der Waals surface area contributed by atoms with E-state index in [1.807, 2.05) is 37.8 Å². The Hall–Kier alpha value is -1.35. The van der Waals surface area contributed by atoms with Crippen LogP contribution < -0.4 is 5.73 Å². The fourth-order valence-corrected chi connectivity index (χ4v) is 3.02. The van der Waals surface area contributed by atoms with Gasteiger partial charge in [-0.2, -0.15) is 0 Å². The second-order valence-electron chi connectivity index (χ2n) is 5.80. The molecule has 19 heavy (non-hydrogen) atoms. The number of likely N-dealkylation sites (tertiary alicyclic amines) is 1. The quantitative estimate of drug-likeness (QED) is 0.888. The number of amides is 1. The molecule has 1 saturated heterocycles. The van der Waals surface area contributed by atoms with Gasteiger partial charge in [0.25, 0.3) is 5.91 Å². The summed E-state index contributed by atoms with van der Waals surface area (Å²) in [4.78, 5) is 14.7. The highest BCUT2D eigenvalue weighted by Crippen LogP contribution is 2.22. The van der Waals surface area contributed by atoms with E-state index >= 15 is 0 Å². The molecule has 2 N–H and O–H groups in total. The minimum Gasteiger partial charge on any atom is -0.334 e. The van der Waals surface area contributed by atoms with Crippen molar-refractivity contribution < 1.29 is 4.79 Å². The fraction of sp³-hybridized carbons (Fsp3) is 0.562. The van der Waals surface area contributed by atoms with Gasteiger partial charge in [0.05, 0.1) is 0 Å². The van der Waals surface area contributed by atoms with Crippen molar-refractivity contribution in [3.8, 4) is 0 Å². The lowest BCUT2D eigenvalue weighted by Gasteiger charge is -2.38. The van der Waals surface area contributed by atoms with E-state index in [1.165, 1.54) is 6.42 Å². The third kappa shape index (κ3) is 3.16. The first-order valence-electron chi connectivity index (χ1n) is 7.14. The van der Waals surface area contributed by atoms with Crippen LogP contribution >= 0.6 is 0 Å². The smallest absolute Gasteiger partial charge is 0.254 e. The van der Waals surface area contributed by atoms with Crippen LogP contribution in [0.2, 0.25) is 0 Å². The molecule has 1 aliphatic rings. The number of carbonyl (C=O) groups excluding carboxylic acids is 1. The predicted molar refractivity (Wildman–Crippen MR) is 78.2 cm³/mol. The van der Waals surface area contributed by atoms with E-state index in [0.717, 1.165) is 36.1 Å². The Labute approximate surface area is 115 Å². The van der Waals surface area contributed by atoms with Crippen molar-refractivity contribution in [1.29, 1.82) is 0 Å². The van der Waals surface area contributed by atoms with Gasteiger partial charge in [0, 0.05) is 24.2 Å². The Morgan fingerprint density at radius 1 is 1.26 bits per heavy atom. The molecule has 1 heterocycles. The number of carbonyl (C=O) groups is 1. The number of rotatable bonds is 2. The summed E-state index contributed by atoms with van der Waals surface area (Å²) >= 11 is 0. The Morgan fingerprint density at radius 2 is 1.89 bits per heavy atom. The van der Waals surface area contributed by atoms with Crippen LogP contribution in [-0.4, -0.2) is 29.4 Å². The van der Waals surface area contributed by atoms with Crippen LogP contribution in [0.1, 0.15) is 47.7 Å². The molecule has 0 saturated carbocycles. The molecule has 0 aromatic heterocycles. The molecule has 0 radical (unpaired) electrons. The van der Waals surface area contributed by atoms with Gasteiger partial charge >= 0.3 is 0 Å². The number of benzene rings is 1. The number of aryl methyl sites for hydroxylation is 2. The predicted octanol–water partition coefficient (Wildman–Crippen LogP) is 2.65. The molecule has 104 valence electrons. The zero-order chi connectivity index (χ0) is 14.0. The van der Waals surface area contributed by atoms with E-state index in [0.29, 0.717) is 0 Å². The van der Waals surface area contributed by atoms with Gasteiger partial charge in [0.1, 0.15) is 0 Å². The number of hydrogen-bond donors (Lipinski definition) is 1. The first-order chi connectivity index (χ1) is 8.99. The topological polar surface area (TPSA) is 46.3 Å². The molecule has 0 spiro atoms. The van der Waals surface area contributed by atoms with Crippen molar-refractivity contribution in [3.05, 3.63) is 34.9 Å². The lowest BCUT2D eigenvalue weighted by Crippen LogP contribution is -2.51. The van der Waals surface area contributed by atoms with Crippen LogP contribution in [0.3, 0.4) is 0 Å². The van der Waals surface area contributed by atoms with Crippen molar-refractivity contribution in [2.24, 2.45) is 5.73 Å². The highest BCUT2D eigenvalue weighted by molar-refractivity contribution is 5.95. The summed E-state index contributed by atoms with van der Waals surface area (Å²) in [5, 5.41) is 0. The Kier molecular flexibility index (Phi) is 4.25. The van der Waals surface area contributed by atoms with Crippen LogP contribution in [-0.2, 0) is 0 Å². The molecule has 1 amide bonds. The van der Waals surface area contributed by atoms with Crippen LogP contribution in [0.4, 0.5) is 0 Å².